The predicted octanol–water partition coefficient (Wildman–Crippen LogP) is 2.58. The number of carbonyl (C=O) groups is 2. The highest BCUT2D eigenvalue weighted by atomic mass is 19.1. The Morgan fingerprint density at radius 1 is 1.07 bits per heavy atom. The first-order valence-corrected chi connectivity index (χ1v) is 9.42. The third-order valence-electron chi connectivity index (χ3n) is 5.08. The average Bonchev–Trinajstić information content (AvgIpc) is 2.71. The number of hydrogen-bond donors (Lipinski definition) is 1. The Labute approximate surface area is 162 Å². The molecule has 4 rings (SSSR count). The molecule has 2 aromatic rings. The summed E-state index contributed by atoms with van der Waals surface area (Å²) in [5.41, 5.74) is 2.68. The lowest BCUT2D eigenvalue weighted by molar-refractivity contribution is -0.121. The molecule has 7 heteroatoms. The standard InChI is InChI=1S/C21H22FN3O3/c22-18-3-1-2-15-4-9-20(27)25(21(15)18)14-19(26)23-16-5-7-17(8-6-16)24-10-12-28-13-11-24/h1-3,5-8H,4,9-14H2,(H,23,26). The topological polar surface area (TPSA) is 61.9 Å². The van der Waals surface area contributed by atoms with Gasteiger partial charge in [0, 0.05) is 30.9 Å². The third kappa shape index (κ3) is 3.84. The van der Waals surface area contributed by atoms with Crippen molar-refractivity contribution in [2.45, 2.75) is 12.8 Å². The van der Waals surface area contributed by atoms with Gasteiger partial charge in [0.05, 0.1) is 18.9 Å². The Kier molecular flexibility index (Phi) is 5.25. The molecular weight excluding hydrogens is 361 g/mol. The molecule has 146 valence electrons. The Morgan fingerprint density at radius 2 is 1.82 bits per heavy atom. The molecule has 0 radical (unpaired) electrons. The van der Waals surface area contributed by atoms with Crippen LogP contribution in [0.1, 0.15) is 12.0 Å². The van der Waals surface area contributed by atoms with Crippen LogP contribution in [-0.4, -0.2) is 44.7 Å². The molecule has 6 nitrogen and oxygen atoms in total. The Bertz CT molecular complexity index is 879. The molecule has 0 unspecified atom stereocenters. The van der Waals surface area contributed by atoms with Crippen molar-refractivity contribution in [1.82, 2.24) is 0 Å². The Hall–Kier alpha value is -2.93. The molecule has 0 aliphatic carbocycles. The zero-order valence-electron chi connectivity index (χ0n) is 15.5. The summed E-state index contributed by atoms with van der Waals surface area (Å²) in [4.78, 5) is 28.2. The number of benzene rings is 2. The smallest absolute Gasteiger partial charge is 0.244 e. The van der Waals surface area contributed by atoms with Gasteiger partial charge in [0.2, 0.25) is 11.8 Å². The van der Waals surface area contributed by atoms with Crippen LogP contribution in [0.5, 0.6) is 0 Å². The molecule has 1 saturated heterocycles. The van der Waals surface area contributed by atoms with Crippen LogP contribution in [0.3, 0.4) is 0 Å². The quantitative estimate of drug-likeness (QED) is 0.882. The number of ether oxygens (including phenoxy) is 1. The maximum Gasteiger partial charge on any atom is 0.244 e. The van der Waals surface area contributed by atoms with E-state index in [9.17, 15) is 14.0 Å². The molecule has 0 saturated carbocycles. The lowest BCUT2D eigenvalue weighted by atomic mass is 10.0. The van der Waals surface area contributed by atoms with Gasteiger partial charge in [-0.1, -0.05) is 12.1 Å². The average molecular weight is 383 g/mol. The van der Waals surface area contributed by atoms with Crippen molar-refractivity contribution in [2.24, 2.45) is 0 Å². The fourth-order valence-corrected chi connectivity index (χ4v) is 3.65. The first-order valence-electron chi connectivity index (χ1n) is 9.42. The summed E-state index contributed by atoms with van der Waals surface area (Å²) < 4.78 is 19.6. The minimum Gasteiger partial charge on any atom is -0.378 e. The molecule has 2 aliphatic rings. The van der Waals surface area contributed by atoms with Crippen LogP contribution in [-0.2, 0) is 20.7 Å². The number of hydrogen-bond acceptors (Lipinski definition) is 4. The SMILES string of the molecule is O=C(CN1C(=O)CCc2cccc(F)c21)Nc1ccc(N2CCOCC2)cc1. The minimum absolute atomic E-state index is 0.210. The van der Waals surface area contributed by atoms with Crippen molar-refractivity contribution in [3.05, 3.63) is 53.8 Å². The maximum absolute atomic E-state index is 14.3. The normalized spacial score (nSPS) is 16.7. The van der Waals surface area contributed by atoms with Crippen molar-refractivity contribution in [3.8, 4) is 0 Å². The summed E-state index contributed by atoms with van der Waals surface area (Å²) in [6, 6.07) is 12.3. The van der Waals surface area contributed by atoms with Crippen LogP contribution >= 0.6 is 0 Å². The molecule has 0 bridgehead atoms. The Balaban J connectivity index is 1.43. The number of aryl methyl sites for hydroxylation is 1. The van der Waals surface area contributed by atoms with E-state index in [0.717, 1.165) is 24.3 Å². The molecular formula is C21H22FN3O3. The summed E-state index contributed by atoms with van der Waals surface area (Å²) in [7, 11) is 0. The van der Waals surface area contributed by atoms with E-state index in [1.165, 1.54) is 11.0 Å². The number of rotatable bonds is 4. The highest BCUT2D eigenvalue weighted by Gasteiger charge is 2.28. The minimum atomic E-state index is -0.479. The molecule has 0 spiro atoms. The fourth-order valence-electron chi connectivity index (χ4n) is 3.65. The van der Waals surface area contributed by atoms with Crippen molar-refractivity contribution in [3.63, 3.8) is 0 Å². The molecule has 2 amide bonds. The first kappa shape index (κ1) is 18.4. The lowest BCUT2D eigenvalue weighted by Gasteiger charge is -2.29. The van der Waals surface area contributed by atoms with Gasteiger partial charge in [-0.05, 0) is 42.3 Å². The number of halogens is 1. The van der Waals surface area contributed by atoms with E-state index in [0.29, 0.717) is 25.3 Å². The fraction of sp³-hybridized carbons (Fsp3) is 0.333. The van der Waals surface area contributed by atoms with Crippen molar-refractivity contribution < 1.29 is 18.7 Å². The number of nitrogens with zero attached hydrogens (tertiary/aromatic N) is 2. The van der Waals surface area contributed by atoms with E-state index >= 15 is 0 Å². The highest BCUT2D eigenvalue weighted by molar-refractivity contribution is 6.04. The van der Waals surface area contributed by atoms with E-state index in [-0.39, 0.29) is 30.5 Å². The first-order chi connectivity index (χ1) is 13.6. The van der Waals surface area contributed by atoms with Crippen molar-refractivity contribution >= 4 is 28.9 Å². The van der Waals surface area contributed by atoms with Gasteiger partial charge in [-0.3, -0.25) is 14.5 Å². The highest BCUT2D eigenvalue weighted by Crippen LogP contribution is 2.30. The second-order valence-corrected chi connectivity index (χ2v) is 6.92. The largest absolute Gasteiger partial charge is 0.378 e. The number of amides is 2. The summed E-state index contributed by atoms with van der Waals surface area (Å²) in [6.07, 6.45) is 0.769. The van der Waals surface area contributed by atoms with Gasteiger partial charge >= 0.3 is 0 Å². The number of carbonyl (C=O) groups excluding carboxylic acids is 2. The van der Waals surface area contributed by atoms with Crippen LogP contribution in [0.4, 0.5) is 21.5 Å². The Morgan fingerprint density at radius 3 is 2.57 bits per heavy atom. The zero-order chi connectivity index (χ0) is 19.5. The van der Waals surface area contributed by atoms with Crippen LogP contribution in [0.25, 0.3) is 0 Å². The molecule has 0 atom stereocenters. The molecule has 2 aromatic carbocycles. The van der Waals surface area contributed by atoms with Gasteiger partial charge in [0.15, 0.2) is 0 Å². The van der Waals surface area contributed by atoms with Crippen LogP contribution in [0.2, 0.25) is 0 Å². The lowest BCUT2D eigenvalue weighted by Crippen LogP contribution is -2.41. The number of anilines is 3. The van der Waals surface area contributed by atoms with Crippen molar-refractivity contribution in [1.29, 1.82) is 0 Å². The second kappa shape index (κ2) is 7.98. The number of fused-ring (bicyclic) bond motifs is 1. The number of nitrogens with one attached hydrogen (secondary N) is 1. The summed E-state index contributed by atoms with van der Waals surface area (Å²) in [5, 5.41) is 2.79. The van der Waals surface area contributed by atoms with Crippen LogP contribution in [0.15, 0.2) is 42.5 Å². The van der Waals surface area contributed by atoms with E-state index in [2.05, 4.69) is 10.2 Å². The monoisotopic (exact) mass is 383 g/mol. The van der Waals surface area contributed by atoms with E-state index in [1.54, 1.807) is 12.1 Å². The zero-order valence-corrected chi connectivity index (χ0v) is 15.5. The summed E-state index contributed by atoms with van der Waals surface area (Å²) >= 11 is 0. The van der Waals surface area contributed by atoms with Crippen molar-refractivity contribution in [2.75, 3.05) is 48.0 Å². The molecule has 2 heterocycles. The molecule has 2 aliphatic heterocycles. The maximum atomic E-state index is 14.3. The van der Waals surface area contributed by atoms with Gasteiger partial charge in [-0.25, -0.2) is 4.39 Å². The predicted molar refractivity (Wildman–Crippen MR) is 105 cm³/mol. The number of para-hydroxylation sites is 1. The molecule has 1 N–H and O–H groups in total. The van der Waals surface area contributed by atoms with E-state index < -0.39 is 5.82 Å². The van der Waals surface area contributed by atoms with Gasteiger partial charge in [-0.2, -0.15) is 0 Å². The van der Waals surface area contributed by atoms with Gasteiger partial charge < -0.3 is 15.0 Å². The number of morpholine rings is 1. The second-order valence-electron chi connectivity index (χ2n) is 6.92. The van der Waals surface area contributed by atoms with E-state index in [4.69, 9.17) is 4.74 Å². The van der Waals surface area contributed by atoms with Gasteiger partial charge in [0.1, 0.15) is 12.4 Å². The van der Waals surface area contributed by atoms with Gasteiger partial charge in [0.25, 0.3) is 0 Å². The van der Waals surface area contributed by atoms with Gasteiger partial charge in [-0.15, -0.1) is 0 Å². The summed E-state index contributed by atoms with van der Waals surface area (Å²) in [6.45, 7) is 2.89. The van der Waals surface area contributed by atoms with Crippen LogP contribution in [0, 0.1) is 5.82 Å². The molecule has 0 aromatic heterocycles. The third-order valence-corrected chi connectivity index (χ3v) is 5.08. The van der Waals surface area contributed by atoms with E-state index in [1.807, 2.05) is 24.3 Å². The van der Waals surface area contributed by atoms with Crippen LogP contribution < -0.4 is 15.1 Å². The summed E-state index contributed by atoms with van der Waals surface area (Å²) in [5.74, 6) is -1.08. The molecule has 1 fully saturated rings. The molecule has 28 heavy (non-hydrogen) atoms.